The van der Waals surface area contributed by atoms with Gasteiger partial charge in [0.25, 0.3) is 0 Å². The molecule has 106 valence electrons. The van der Waals surface area contributed by atoms with Gasteiger partial charge in [0.2, 0.25) is 17.2 Å². The summed E-state index contributed by atoms with van der Waals surface area (Å²) in [5.74, 6) is 0.734. The van der Waals surface area contributed by atoms with Crippen LogP contribution in [0.25, 0.3) is 5.95 Å². The number of benzene rings is 1. The van der Waals surface area contributed by atoms with E-state index < -0.39 is 0 Å². The highest BCUT2D eigenvalue weighted by molar-refractivity contribution is 14.1. The van der Waals surface area contributed by atoms with Gasteiger partial charge < -0.3 is 5.32 Å². The van der Waals surface area contributed by atoms with Gasteiger partial charge in [0.1, 0.15) is 6.33 Å². The van der Waals surface area contributed by atoms with Crippen molar-refractivity contribution in [1.29, 1.82) is 0 Å². The molecule has 0 unspecified atom stereocenters. The zero-order valence-corrected chi connectivity index (χ0v) is 14.0. The van der Waals surface area contributed by atoms with Crippen LogP contribution in [-0.4, -0.2) is 24.5 Å². The van der Waals surface area contributed by atoms with Crippen molar-refractivity contribution in [3.63, 3.8) is 0 Å². The van der Waals surface area contributed by atoms with E-state index in [0.29, 0.717) is 16.9 Å². The molecule has 0 saturated carbocycles. The third-order valence-corrected chi connectivity index (χ3v) is 3.81. The lowest BCUT2D eigenvalue weighted by Crippen LogP contribution is -2.06. The number of nitrogens with one attached hydrogen (secondary N) is 1. The van der Waals surface area contributed by atoms with Crippen molar-refractivity contribution in [2.45, 2.75) is 0 Å². The summed E-state index contributed by atoms with van der Waals surface area (Å²) in [6.07, 6.45) is 4.94. The number of aromatic nitrogens is 5. The van der Waals surface area contributed by atoms with E-state index in [-0.39, 0.29) is 5.28 Å². The lowest BCUT2D eigenvalue weighted by atomic mass is 10.3. The molecule has 0 aliphatic rings. The minimum atomic E-state index is 0.0974. The van der Waals surface area contributed by atoms with Crippen molar-refractivity contribution in [2.24, 2.45) is 0 Å². The van der Waals surface area contributed by atoms with E-state index >= 15 is 0 Å². The Kier molecular flexibility index (Phi) is 4.22. The fourth-order valence-electron chi connectivity index (χ4n) is 1.60. The van der Waals surface area contributed by atoms with Gasteiger partial charge in [-0.15, -0.1) is 0 Å². The van der Waals surface area contributed by atoms with Gasteiger partial charge in [0.05, 0.1) is 5.69 Å². The normalized spacial score (nSPS) is 10.6. The van der Waals surface area contributed by atoms with Gasteiger partial charge in [-0.2, -0.15) is 15.0 Å². The maximum absolute atomic E-state index is 5.94. The number of imidazole rings is 1. The Balaban J connectivity index is 1.95. The Bertz CT molecular complexity index is 777. The first kappa shape index (κ1) is 14.5. The van der Waals surface area contributed by atoms with Crippen LogP contribution in [-0.2, 0) is 0 Å². The van der Waals surface area contributed by atoms with Crippen molar-refractivity contribution in [3.05, 3.63) is 50.8 Å². The topological polar surface area (TPSA) is 68.5 Å². The van der Waals surface area contributed by atoms with Gasteiger partial charge in [-0.05, 0) is 52.4 Å². The van der Waals surface area contributed by atoms with Crippen LogP contribution < -0.4 is 5.32 Å². The van der Waals surface area contributed by atoms with Crippen LogP contribution in [0.2, 0.25) is 10.3 Å². The summed E-state index contributed by atoms with van der Waals surface area (Å²) < 4.78 is 2.59. The molecule has 0 amide bonds. The molecule has 0 fully saturated rings. The van der Waals surface area contributed by atoms with Crippen LogP contribution in [0, 0.1) is 3.57 Å². The summed E-state index contributed by atoms with van der Waals surface area (Å²) in [6.45, 7) is 0. The first-order valence-electron chi connectivity index (χ1n) is 5.74. The van der Waals surface area contributed by atoms with E-state index in [1.54, 1.807) is 29.4 Å². The molecule has 2 heterocycles. The molecule has 0 saturated heterocycles. The average molecular weight is 433 g/mol. The summed E-state index contributed by atoms with van der Waals surface area (Å²) in [5, 5.41) is 3.86. The van der Waals surface area contributed by atoms with Crippen molar-refractivity contribution in [1.82, 2.24) is 24.5 Å². The molecule has 0 spiro atoms. The van der Waals surface area contributed by atoms with E-state index in [0.717, 1.165) is 9.26 Å². The van der Waals surface area contributed by atoms with Gasteiger partial charge in [0, 0.05) is 21.0 Å². The molecule has 6 nitrogen and oxygen atoms in total. The lowest BCUT2D eigenvalue weighted by molar-refractivity contribution is 0.899. The van der Waals surface area contributed by atoms with Crippen LogP contribution in [0.5, 0.6) is 0 Å². The minimum absolute atomic E-state index is 0.0974. The average Bonchev–Trinajstić information content (AvgIpc) is 2.95. The van der Waals surface area contributed by atoms with E-state index in [4.69, 9.17) is 23.2 Å². The summed E-state index contributed by atoms with van der Waals surface area (Å²) in [5.41, 5.74) is 0.832. The standard InChI is InChI=1S/C12H7Cl2IN6/c13-7-1-2-9(8(15)5-7)17-11-18-10(14)19-12(20-11)21-4-3-16-6-21/h1-6H,(H,17,18,19,20). The van der Waals surface area contributed by atoms with Gasteiger partial charge >= 0.3 is 0 Å². The summed E-state index contributed by atoms with van der Waals surface area (Å²) in [4.78, 5) is 16.4. The zero-order valence-electron chi connectivity index (χ0n) is 10.3. The van der Waals surface area contributed by atoms with Crippen LogP contribution >= 0.6 is 45.8 Å². The molecule has 2 aromatic heterocycles. The SMILES string of the molecule is Clc1ccc(Nc2nc(Cl)nc(-n3ccnc3)n2)c(I)c1. The third-order valence-electron chi connectivity index (χ3n) is 2.51. The zero-order chi connectivity index (χ0) is 14.8. The molecular formula is C12H7Cl2IN6. The van der Waals surface area contributed by atoms with Crippen LogP contribution in [0.3, 0.4) is 0 Å². The molecule has 1 N–H and O–H groups in total. The molecule has 3 aromatic rings. The van der Waals surface area contributed by atoms with Gasteiger partial charge in [-0.25, -0.2) is 4.98 Å². The molecule has 0 radical (unpaired) electrons. The number of rotatable bonds is 3. The second kappa shape index (κ2) is 6.12. The second-order valence-electron chi connectivity index (χ2n) is 3.95. The Labute approximate surface area is 143 Å². The monoisotopic (exact) mass is 432 g/mol. The first-order chi connectivity index (χ1) is 10.1. The summed E-state index contributed by atoms with van der Waals surface area (Å²) in [7, 11) is 0. The fraction of sp³-hybridized carbons (Fsp3) is 0. The van der Waals surface area contributed by atoms with Crippen molar-refractivity contribution >= 4 is 57.4 Å². The Morgan fingerprint density at radius 3 is 2.71 bits per heavy atom. The van der Waals surface area contributed by atoms with Crippen LogP contribution in [0.4, 0.5) is 11.6 Å². The third kappa shape index (κ3) is 3.42. The number of halogens is 3. The summed E-state index contributed by atoms with van der Waals surface area (Å²) in [6, 6.07) is 5.47. The van der Waals surface area contributed by atoms with E-state index in [1.807, 2.05) is 12.1 Å². The van der Waals surface area contributed by atoms with Crippen molar-refractivity contribution < 1.29 is 0 Å². The lowest BCUT2D eigenvalue weighted by Gasteiger charge is -2.09. The Morgan fingerprint density at radius 1 is 1.14 bits per heavy atom. The maximum atomic E-state index is 5.94. The van der Waals surface area contributed by atoms with Crippen LogP contribution in [0.1, 0.15) is 0 Å². The van der Waals surface area contributed by atoms with Gasteiger partial charge in [-0.3, -0.25) is 4.57 Å². The number of nitrogens with zero attached hydrogens (tertiary/aromatic N) is 5. The molecule has 0 atom stereocenters. The summed E-state index contributed by atoms with van der Waals surface area (Å²) >= 11 is 14.0. The minimum Gasteiger partial charge on any atom is -0.323 e. The van der Waals surface area contributed by atoms with E-state index in [2.05, 4.69) is 47.8 Å². The Morgan fingerprint density at radius 2 is 2.00 bits per heavy atom. The predicted molar refractivity (Wildman–Crippen MR) is 89.4 cm³/mol. The predicted octanol–water partition coefficient (Wildman–Crippen LogP) is 3.71. The van der Waals surface area contributed by atoms with Gasteiger partial charge in [0.15, 0.2) is 0 Å². The molecular weight excluding hydrogens is 426 g/mol. The van der Waals surface area contributed by atoms with Gasteiger partial charge in [-0.1, -0.05) is 11.6 Å². The van der Waals surface area contributed by atoms with Crippen molar-refractivity contribution in [2.75, 3.05) is 5.32 Å². The quantitative estimate of drug-likeness (QED) is 0.639. The molecule has 0 aliphatic heterocycles. The van der Waals surface area contributed by atoms with Crippen molar-refractivity contribution in [3.8, 4) is 5.95 Å². The first-order valence-corrected chi connectivity index (χ1v) is 7.57. The van der Waals surface area contributed by atoms with E-state index in [9.17, 15) is 0 Å². The number of hydrogen-bond acceptors (Lipinski definition) is 5. The number of anilines is 2. The Hall–Kier alpha value is -1.45. The highest BCUT2D eigenvalue weighted by Gasteiger charge is 2.08. The van der Waals surface area contributed by atoms with Crippen LogP contribution in [0.15, 0.2) is 36.9 Å². The molecule has 0 bridgehead atoms. The molecule has 21 heavy (non-hydrogen) atoms. The maximum Gasteiger partial charge on any atom is 0.241 e. The smallest absolute Gasteiger partial charge is 0.241 e. The molecule has 3 rings (SSSR count). The highest BCUT2D eigenvalue weighted by atomic mass is 127. The van der Waals surface area contributed by atoms with E-state index in [1.165, 1.54) is 0 Å². The largest absolute Gasteiger partial charge is 0.323 e. The second-order valence-corrected chi connectivity index (χ2v) is 5.88. The highest BCUT2D eigenvalue weighted by Crippen LogP contribution is 2.24. The number of hydrogen-bond donors (Lipinski definition) is 1. The molecule has 9 heteroatoms. The fourth-order valence-corrected chi connectivity index (χ4v) is 2.76. The molecule has 0 aliphatic carbocycles. The molecule has 1 aromatic carbocycles.